The number of rotatable bonds is 2. The van der Waals surface area contributed by atoms with Gasteiger partial charge in [-0.2, -0.15) is 5.10 Å². The maximum absolute atomic E-state index is 11.7. The van der Waals surface area contributed by atoms with Gasteiger partial charge in [0.05, 0.1) is 11.4 Å². The Hall–Kier alpha value is -2.57. The zero-order valence-electron chi connectivity index (χ0n) is 11.6. The monoisotopic (exact) mass is 275 g/mol. The molecular formula is C13H17N5O2. The molecule has 7 nitrogen and oxygen atoms in total. The lowest BCUT2D eigenvalue weighted by atomic mass is 10.2. The first kappa shape index (κ1) is 13.9. The molecule has 106 valence electrons. The summed E-state index contributed by atoms with van der Waals surface area (Å²) >= 11 is 0. The van der Waals surface area contributed by atoms with E-state index in [4.69, 9.17) is 10.5 Å². The molecule has 0 fully saturated rings. The van der Waals surface area contributed by atoms with Crippen molar-refractivity contribution < 1.29 is 9.53 Å². The van der Waals surface area contributed by atoms with Crippen molar-refractivity contribution in [1.29, 1.82) is 0 Å². The number of benzene rings is 1. The van der Waals surface area contributed by atoms with E-state index in [0.717, 1.165) is 0 Å². The van der Waals surface area contributed by atoms with Crippen LogP contribution in [0.5, 0.6) is 0 Å². The number of aromatic nitrogens is 3. The predicted molar refractivity (Wildman–Crippen MR) is 75.6 cm³/mol. The fraction of sp³-hybridized carbons (Fsp3) is 0.308. The van der Waals surface area contributed by atoms with E-state index in [1.54, 1.807) is 39.0 Å². The quantitative estimate of drug-likeness (QED) is 0.819. The summed E-state index contributed by atoms with van der Waals surface area (Å²) in [6.07, 6.45) is 2.42. The van der Waals surface area contributed by atoms with Gasteiger partial charge >= 0.3 is 6.09 Å². The standard InChI is InChI=1S/C13H17N5O2/c1-13(2,3)20-12(19)17-9-4-5-10(14)11(6-9)18-8-15-7-16-18/h4-8H,14H2,1-3H3,(H,17,19). The zero-order chi connectivity index (χ0) is 14.8. The van der Waals surface area contributed by atoms with Gasteiger partial charge in [0.15, 0.2) is 0 Å². The van der Waals surface area contributed by atoms with E-state index in [2.05, 4.69) is 15.4 Å². The molecule has 7 heteroatoms. The summed E-state index contributed by atoms with van der Waals surface area (Å²) in [6, 6.07) is 5.08. The van der Waals surface area contributed by atoms with Gasteiger partial charge in [-0.25, -0.2) is 14.5 Å². The molecule has 20 heavy (non-hydrogen) atoms. The second kappa shape index (κ2) is 5.20. The van der Waals surface area contributed by atoms with Gasteiger partial charge in [-0.3, -0.25) is 5.32 Å². The Balaban J connectivity index is 2.18. The van der Waals surface area contributed by atoms with Gasteiger partial charge in [0, 0.05) is 5.69 Å². The highest BCUT2D eigenvalue weighted by Crippen LogP contribution is 2.21. The minimum Gasteiger partial charge on any atom is -0.444 e. The summed E-state index contributed by atoms with van der Waals surface area (Å²) in [4.78, 5) is 15.6. The van der Waals surface area contributed by atoms with Crippen molar-refractivity contribution >= 4 is 17.5 Å². The van der Waals surface area contributed by atoms with Crippen molar-refractivity contribution in [3.05, 3.63) is 30.9 Å². The Labute approximate surface area is 116 Å². The molecule has 0 aliphatic carbocycles. The van der Waals surface area contributed by atoms with Gasteiger partial charge in [-0.15, -0.1) is 0 Å². The molecule has 3 N–H and O–H groups in total. The third kappa shape index (κ3) is 3.47. The lowest BCUT2D eigenvalue weighted by Gasteiger charge is -2.20. The Morgan fingerprint density at radius 2 is 2.15 bits per heavy atom. The van der Waals surface area contributed by atoms with Crippen molar-refractivity contribution in [3.63, 3.8) is 0 Å². The molecule has 0 aliphatic rings. The van der Waals surface area contributed by atoms with Crippen LogP contribution in [0, 0.1) is 0 Å². The van der Waals surface area contributed by atoms with E-state index in [9.17, 15) is 4.79 Å². The van der Waals surface area contributed by atoms with Crippen molar-refractivity contribution in [1.82, 2.24) is 14.8 Å². The summed E-state index contributed by atoms with van der Waals surface area (Å²) in [5.74, 6) is 0. The number of nitrogens with zero attached hydrogens (tertiary/aromatic N) is 3. The molecule has 0 bridgehead atoms. The van der Waals surface area contributed by atoms with Crippen LogP contribution in [0.15, 0.2) is 30.9 Å². The van der Waals surface area contributed by atoms with Crippen molar-refractivity contribution in [3.8, 4) is 5.69 Å². The molecule has 1 aromatic heterocycles. The topological polar surface area (TPSA) is 95.1 Å². The first-order chi connectivity index (χ1) is 9.35. The highest BCUT2D eigenvalue weighted by molar-refractivity contribution is 5.86. The van der Waals surface area contributed by atoms with Gasteiger partial charge in [-0.1, -0.05) is 0 Å². The Morgan fingerprint density at radius 3 is 2.75 bits per heavy atom. The van der Waals surface area contributed by atoms with E-state index in [-0.39, 0.29) is 0 Å². The molecule has 1 aromatic carbocycles. The molecule has 0 spiro atoms. The first-order valence-electron chi connectivity index (χ1n) is 6.10. The van der Waals surface area contributed by atoms with Crippen LogP contribution in [0.25, 0.3) is 5.69 Å². The SMILES string of the molecule is CC(C)(C)OC(=O)Nc1ccc(N)c(-n2cncn2)c1. The number of ether oxygens (including phenoxy) is 1. The Kier molecular flexibility index (Phi) is 3.60. The van der Waals surface area contributed by atoms with Crippen LogP contribution in [-0.4, -0.2) is 26.5 Å². The normalized spacial score (nSPS) is 11.2. The summed E-state index contributed by atoms with van der Waals surface area (Å²) in [7, 11) is 0. The largest absolute Gasteiger partial charge is 0.444 e. The van der Waals surface area contributed by atoms with Gasteiger partial charge in [0.1, 0.15) is 18.3 Å². The number of hydrogen-bond donors (Lipinski definition) is 2. The van der Waals surface area contributed by atoms with E-state index in [1.165, 1.54) is 17.3 Å². The van der Waals surface area contributed by atoms with Crippen molar-refractivity contribution in [2.45, 2.75) is 26.4 Å². The summed E-state index contributed by atoms with van der Waals surface area (Å²) in [6.45, 7) is 5.41. The average molecular weight is 275 g/mol. The number of amides is 1. The predicted octanol–water partition coefficient (Wildman–Crippen LogP) is 2.20. The second-order valence-electron chi connectivity index (χ2n) is 5.24. The zero-order valence-corrected chi connectivity index (χ0v) is 11.6. The third-order valence-corrected chi connectivity index (χ3v) is 2.34. The smallest absolute Gasteiger partial charge is 0.412 e. The number of nitrogens with one attached hydrogen (secondary N) is 1. The van der Waals surface area contributed by atoms with Gasteiger partial charge in [-0.05, 0) is 39.0 Å². The summed E-state index contributed by atoms with van der Waals surface area (Å²) in [5.41, 5.74) is 7.07. The molecule has 1 amide bonds. The highest BCUT2D eigenvalue weighted by atomic mass is 16.6. The highest BCUT2D eigenvalue weighted by Gasteiger charge is 2.16. The number of carbonyl (C=O) groups excluding carboxylic acids is 1. The van der Waals surface area contributed by atoms with E-state index in [0.29, 0.717) is 17.1 Å². The molecule has 0 saturated heterocycles. The molecule has 0 atom stereocenters. The minimum atomic E-state index is -0.549. The van der Waals surface area contributed by atoms with Gasteiger partial charge in [0.25, 0.3) is 0 Å². The molecule has 2 aromatic rings. The lowest BCUT2D eigenvalue weighted by Crippen LogP contribution is -2.27. The van der Waals surface area contributed by atoms with Crippen molar-refractivity contribution in [2.24, 2.45) is 0 Å². The number of anilines is 2. The number of nitrogens with two attached hydrogens (primary N) is 1. The fourth-order valence-corrected chi connectivity index (χ4v) is 1.57. The summed E-state index contributed by atoms with van der Waals surface area (Å²) < 4.78 is 6.71. The number of nitrogen functional groups attached to an aromatic ring is 1. The molecule has 0 radical (unpaired) electrons. The van der Waals surface area contributed by atoms with Crippen LogP contribution >= 0.6 is 0 Å². The Bertz CT molecular complexity index is 602. The van der Waals surface area contributed by atoms with Crippen molar-refractivity contribution in [2.75, 3.05) is 11.1 Å². The minimum absolute atomic E-state index is 0.521. The van der Waals surface area contributed by atoms with Crippen LogP contribution < -0.4 is 11.1 Å². The molecule has 0 aliphatic heterocycles. The maximum atomic E-state index is 11.7. The first-order valence-corrected chi connectivity index (χ1v) is 6.10. The second-order valence-corrected chi connectivity index (χ2v) is 5.24. The summed E-state index contributed by atoms with van der Waals surface area (Å²) in [5, 5.41) is 6.66. The molecule has 1 heterocycles. The van der Waals surface area contributed by atoms with E-state index >= 15 is 0 Å². The van der Waals surface area contributed by atoms with Crippen LogP contribution in [0.1, 0.15) is 20.8 Å². The average Bonchev–Trinajstić information content (AvgIpc) is 2.82. The fourth-order valence-electron chi connectivity index (χ4n) is 1.57. The number of carbonyl (C=O) groups is 1. The maximum Gasteiger partial charge on any atom is 0.412 e. The van der Waals surface area contributed by atoms with Gasteiger partial charge in [0.2, 0.25) is 0 Å². The molecule has 0 unspecified atom stereocenters. The lowest BCUT2D eigenvalue weighted by molar-refractivity contribution is 0.0636. The van der Waals surface area contributed by atoms with Crippen LogP contribution in [0.2, 0.25) is 0 Å². The molecule has 0 saturated carbocycles. The molecular weight excluding hydrogens is 258 g/mol. The molecule has 2 rings (SSSR count). The van der Waals surface area contributed by atoms with Crippen LogP contribution in [-0.2, 0) is 4.74 Å². The van der Waals surface area contributed by atoms with Crippen LogP contribution in [0.3, 0.4) is 0 Å². The Morgan fingerprint density at radius 1 is 1.40 bits per heavy atom. The van der Waals surface area contributed by atoms with Gasteiger partial charge < -0.3 is 10.5 Å². The van der Waals surface area contributed by atoms with E-state index in [1.807, 2.05) is 0 Å². The number of hydrogen-bond acceptors (Lipinski definition) is 5. The third-order valence-electron chi connectivity index (χ3n) is 2.34. The van der Waals surface area contributed by atoms with E-state index < -0.39 is 11.7 Å². The van der Waals surface area contributed by atoms with Crippen LogP contribution in [0.4, 0.5) is 16.2 Å².